The third kappa shape index (κ3) is 3.06. The quantitative estimate of drug-likeness (QED) is 0.845. The molecule has 1 aromatic rings. The predicted octanol–water partition coefficient (Wildman–Crippen LogP) is 0.795. The largest absolute Gasteiger partial charge is 0.381 e. The molecule has 0 aromatic carbocycles. The van der Waals surface area contributed by atoms with Crippen LogP contribution in [0.15, 0.2) is 6.33 Å². The molecule has 1 N–H and O–H groups in total. The Bertz CT molecular complexity index is 394. The maximum atomic E-state index is 11.8. The van der Waals surface area contributed by atoms with Crippen molar-refractivity contribution in [3.63, 3.8) is 0 Å². The Labute approximate surface area is 101 Å². The van der Waals surface area contributed by atoms with Gasteiger partial charge in [-0.05, 0) is 26.7 Å². The van der Waals surface area contributed by atoms with Crippen LogP contribution in [0.5, 0.6) is 0 Å². The van der Waals surface area contributed by atoms with Gasteiger partial charge in [0.05, 0.1) is 12.0 Å². The van der Waals surface area contributed by atoms with Crippen LogP contribution in [0.1, 0.15) is 24.2 Å². The molecule has 2 heterocycles. The standard InChI is InChI=1S/C12H19N3O2/c1-9-10(2)15(8-13-9)7-12(16)14-11-3-5-17-6-4-11/h8,11H,3-7H2,1-2H3,(H,14,16). The van der Waals surface area contributed by atoms with E-state index in [0.29, 0.717) is 6.54 Å². The number of amides is 1. The summed E-state index contributed by atoms with van der Waals surface area (Å²) in [5.74, 6) is 0.0531. The third-order valence-electron chi connectivity index (χ3n) is 3.25. The van der Waals surface area contributed by atoms with Crippen molar-refractivity contribution in [2.24, 2.45) is 0 Å². The van der Waals surface area contributed by atoms with Crippen LogP contribution in [0, 0.1) is 13.8 Å². The van der Waals surface area contributed by atoms with Crippen LogP contribution in [-0.4, -0.2) is 34.7 Å². The third-order valence-corrected chi connectivity index (χ3v) is 3.25. The Morgan fingerprint density at radius 2 is 2.24 bits per heavy atom. The molecule has 1 aromatic heterocycles. The van der Waals surface area contributed by atoms with Crippen LogP contribution in [-0.2, 0) is 16.1 Å². The molecule has 2 rings (SSSR count). The average Bonchev–Trinajstić information content (AvgIpc) is 2.62. The molecule has 0 unspecified atom stereocenters. The van der Waals surface area contributed by atoms with E-state index >= 15 is 0 Å². The first-order valence-electron chi connectivity index (χ1n) is 6.02. The number of aryl methyl sites for hydroxylation is 1. The minimum absolute atomic E-state index is 0.0531. The van der Waals surface area contributed by atoms with E-state index < -0.39 is 0 Å². The molecule has 0 saturated carbocycles. The fourth-order valence-corrected chi connectivity index (χ4v) is 1.97. The van der Waals surface area contributed by atoms with Crippen LogP contribution >= 0.6 is 0 Å². The first-order chi connectivity index (χ1) is 8.16. The highest BCUT2D eigenvalue weighted by Gasteiger charge is 2.16. The highest BCUT2D eigenvalue weighted by Crippen LogP contribution is 2.07. The lowest BCUT2D eigenvalue weighted by Crippen LogP contribution is -2.40. The van der Waals surface area contributed by atoms with Crippen molar-refractivity contribution in [2.45, 2.75) is 39.3 Å². The van der Waals surface area contributed by atoms with Gasteiger partial charge in [0.2, 0.25) is 5.91 Å². The second-order valence-corrected chi connectivity index (χ2v) is 4.50. The van der Waals surface area contributed by atoms with Gasteiger partial charge in [0.15, 0.2) is 0 Å². The SMILES string of the molecule is Cc1ncn(CC(=O)NC2CCOCC2)c1C. The first-order valence-corrected chi connectivity index (χ1v) is 6.02. The molecular weight excluding hydrogens is 218 g/mol. The molecule has 0 atom stereocenters. The molecule has 94 valence electrons. The Morgan fingerprint density at radius 1 is 1.53 bits per heavy atom. The summed E-state index contributed by atoms with van der Waals surface area (Å²) >= 11 is 0. The van der Waals surface area contributed by atoms with Crippen LogP contribution in [0.25, 0.3) is 0 Å². The van der Waals surface area contributed by atoms with E-state index in [4.69, 9.17) is 4.74 Å². The summed E-state index contributed by atoms with van der Waals surface area (Å²) in [6.45, 7) is 5.76. The molecular formula is C12H19N3O2. The zero-order valence-electron chi connectivity index (χ0n) is 10.4. The normalized spacial score (nSPS) is 17.1. The number of carbonyl (C=O) groups is 1. The van der Waals surface area contributed by atoms with E-state index in [1.165, 1.54) is 0 Å². The Morgan fingerprint density at radius 3 is 2.82 bits per heavy atom. The van der Waals surface area contributed by atoms with Gasteiger partial charge in [-0.15, -0.1) is 0 Å². The topological polar surface area (TPSA) is 56.2 Å². The van der Waals surface area contributed by atoms with Gasteiger partial charge in [-0.25, -0.2) is 4.98 Å². The summed E-state index contributed by atoms with van der Waals surface area (Å²) in [5, 5.41) is 3.04. The van der Waals surface area contributed by atoms with Gasteiger partial charge in [-0.3, -0.25) is 4.79 Å². The number of carbonyl (C=O) groups excluding carboxylic acids is 1. The minimum Gasteiger partial charge on any atom is -0.381 e. The number of hydrogen-bond donors (Lipinski definition) is 1. The number of ether oxygens (including phenoxy) is 1. The minimum atomic E-state index is 0.0531. The number of hydrogen-bond acceptors (Lipinski definition) is 3. The second kappa shape index (κ2) is 5.31. The number of aromatic nitrogens is 2. The molecule has 0 bridgehead atoms. The molecule has 17 heavy (non-hydrogen) atoms. The Kier molecular flexibility index (Phi) is 3.78. The molecule has 0 radical (unpaired) electrons. The summed E-state index contributed by atoms with van der Waals surface area (Å²) in [7, 11) is 0. The molecule has 0 aliphatic carbocycles. The van der Waals surface area contributed by atoms with Crippen molar-refractivity contribution in [2.75, 3.05) is 13.2 Å². The molecule has 1 fully saturated rings. The van der Waals surface area contributed by atoms with Crippen molar-refractivity contribution >= 4 is 5.91 Å². The smallest absolute Gasteiger partial charge is 0.240 e. The van der Waals surface area contributed by atoms with E-state index in [-0.39, 0.29) is 11.9 Å². The summed E-state index contributed by atoms with van der Waals surface area (Å²) in [4.78, 5) is 16.0. The molecule has 1 amide bonds. The Hall–Kier alpha value is -1.36. The highest BCUT2D eigenvalue weighted by molar-refractivity contribution is 5.76. The van der Waals surface area contributed by atoms with Crippen LogP contribution in [0.2, 0.25) is 0 Å². The van der Waals surface area contributed by atoms with Crippen molar-refractivity contribution in [1.29, 1.82) is 0 Å². The average molecular weight is 237 g/mol. The van der Waals surface area contributed by atoms with Gasteiger partial charge < -0.3 is 14.6 Å². The van der Waals surface area contributed by atoms with Crippen molar-refractivity contribution in [3.8, 4) is 0 Å². The van der Waals surface area contributed by atoms with Gasteiger partial charge in [0.1, 0.15) is 6.54 Å². The lowest BCUT2D eigenvalue weighted by molar-refractivity contribution is -0.123. The molecule has 1 aliphatic heterocycles. The van der Waals surface area contributed by atoms with Gasteiger partial charge in [-0.1, -0.05) is 0 Å². The highest BCUT2D eigenvalue weighted by atomic mass is 16.5. The zero-order chi connectivity index (χ0) is 12.3. The van der Waals surface area contributed by atoms with Gasteiger partial charge >= 0.3 is 0 Å². The summed E-state index contributed by atoms with van der Waals surface area (Å²) < 4.78 is 7.13. The fraction of sp³-hybridized carbons (Fsp3) is 0.667. The Balaban J connectivity index is 1.86. The van der Waals surface area contributed by atoms with Crippen LogP contribution in [0.4, 0.5) is 0 Å². The number of nitrogens with one attached hydrogen (secondary N) is 1. The summed E-state index contributed by atoms with van der Waals surface area (Å²) in [6, 6.07) is 0.265. The number of rotatable bonds is 3. The van der Waals surface area contributed by atoms with Crippen LogP contribution in [0.3, 0.4) is 0 Å². The van der Waals surface area contributed by atoms with Crippen LogP contribution < -0.4 is 5.32 Å². The van der Waals surface area contributed by atoms with Gasteiger partial charge in [0, 0.05) is 24.9 Å². The maximum absolute atomic E-state index is 11.8. The molecule has 1 aliphatic rings. The number of imidazole rings is 1. The molecule has 1 saturated heterocycles. The van der Waals surface area contributed by atoms with Gasteiger partial charge in [0.25, 0.3) is 0 Å². The monoisotopic (exact) mass is 237 g/mol. The first kappa shape index (κ1) is 12.1. The number of nitrogens with zero attached hydrogens (tertiary/aromatic N) is 2. The van der Waals surface area contributed by atoms with Crippen molar-refractivity contribution < 1.29 is 9.53 Å². The predicted molar refractivity (Wildman–Crippen MR) is 63.7 cm³/mol. The van der Waals surface area contributed by atoms with Gasteiger partial charge in [-0.2, -0.15) is 0 Å². The van der Waals surface area contributed by atoms with Crippen molar-refractivity contribution in [3.05, 3.63) is 17.7 Å². The molecule has 5 heteroatoms. The maximum Gasteiger partial charge on any atom is 0.240 e. The van der Waals surface area contributed by atoms with E-state index in [1.54, 1.807) is 6.33 Å². The zero-order valence-corrected chi connectivity index (χ0v) is 10.4. The van der Waals surface area contributed by atoms with E-state index in [9.17, 15) is 4.79 Å². The summed E-state index contributed by atoms with van der Waals surface area (Å²) in [6.07, 6.45) is 3.54. The second-order valence-electron chi connectivity index (χ2n) is 4.50. The van der Waals surface area contributed by atoms with Crippen molar-refractivity contribution in [1.82, 2.24) is 14.9 Å². The lowest BCUT2D eigenvalue weighted by Gasteiger charge is -2.23. The summed E-state index contributed by atoms with van der Waals surface area (Å²) in [5.41, 5.74) is 2.02. The fourth-order valence-electron chi connectivity index (χ4n) is 1.97. The van der Waals surface area contributed by atoms with E-state index in [0.717, 1.165) is 37.4 Å². The molecule has 0 spiro atoms. The molecule has 5 nitrogen and oxygen atoms in total. The van der Waals surface area contributed by atoms with E-state index in [2.05, 4.69) is 10.3 Å². The van der Waals surface area contributed by atoms with E-state index in [1.807, 2.05) is 18.4 Å². The lowest BCUT2D eigenvalue weighted by atomic mass is 10.1.